The SMILES string of the molecule is COc1ccc(CNC(=O)C2CC(F)(F)CN2)c(C(F)(F)F)c1. The number of benzene rings is 1. The summed E-state index contributed by atoms with van der Waals surface area (Å²) in [4.78, 5) is 11.8. The Morgan fingerprint density at radius 2 is 2.13 bits per heavy atom. The van der Waals surface area contributed by atoms with Gasteiger partial charge in [-0.25, -0.2) is 8.78 Å². The highest BCUT2D eigenvalue weighted by Crippen LogP contribution is 2.34. The lowest BCUT2D eigenvalue weighted by Gasteiger charge is -2.16. The lowest BCUT2D eigenvalue weighted by molar-refractivity contribution is -0.138. The van der Waals surface area contributed by atoms with E-state index in [-0.39, 0.29) is 11.3 Å². The summed E-state index contributed by atoms with van der Waals surface area (Å²) < 4.78 is 69.8. The number of alkyl halides is 5. The molecule has 0 saturated carbocycles. The van der Waals surface area contributed by atoms with Gasteiger partial charge in [0.25, 0.3) is 5.92 Å². The maximum atomic E-state index is 13.0. The van der Waals surface area contributed by atoms with Gasteiger partial charge in [0, 0.05) is 13.0 Å². The van der Waals surface area contributed by atoms with Crippen LogP contribution in [0.2, 0.25) is 0 Å². The van der Waals surface area contributed by atoms with Gasteiger partial charge in [0.15, 0.2) is 0 Å². The second-order valence-corrected chi connectivity index (χ2v) is 5.23. The van der Waals surface area contributed by atoms with Gasteiger partial charge >= 0.3 is 6.18 Å². The summed E-state index contributed by atoms with van der Waals surface area (Å²) >= 11 is 0. The fourth-order valence-corrected chi connectivity index (χ4v) is 2.31. The monoisotopic (exact) mass is 338 g/mol. The van der Waals surface area contributed by atoms with Gasteiger partial charge in [0.2, 0.25) is 5.91 Å². The van der Waals surface area contributed by atoms with Crippen LogP contribution >= 0.6 is 0 Å². The number of nitrogens with one attached hydrogen (secondary N) is 2. The molecule has 4 nitrogen and oxygen atoms in total. The summed E-state index contributed by atoms with van der Waals surface area (Å²) in [6.45, 7) is -1.04. The minimum absolute atomic E-state index is 0.0319. The number of halogens is 5. The van der Waals surface area contributed by atoms with Crippen molar-refractivity contribution in [1.82, 2.24) is 10.6 Å². The van der Waals surface area contributed by atoms with Crippen molar-refractivity contribution < 1.29 is 31.5 Å². The van der Waals surface area contributed by atoms with Crippen molar-refractivity contribution in [2.75, 3.05) is 13.7 Å². The Bertz CT molecular complexity index is 589. The standard InChI is InChI=1S/C14H15F5N2O2/c1-23-9-3-2-8(10(4-9)14(17,18)19)6-20-12(22)11-5-13(15,16)7-21-11/h2-4,11,21H,5-7H2,1H3,(H,20,22). The normalized spacial score (nSPS) is 20.3. The molecule has 1 heterocycles. The first kappa shape index (κ1) is 17.5. The molecule has 1 atom stereocenters. The quantitative estimate of drug-likeness (QED) is 0.829. The van der Waals surface area contributed by atoms with Crippen molar-refractivity contribution in [1.29, 1.82) is 0 Å². The second-order valence-electron chi connectivity index (χ2n) is 5.23. The Hall–Kier alpha value is -1.90. The van der Waals surface area contributed by atoms with E-state index in [9.17, 15) is 26.7 Å². The molecule has 1 aliphatic rings. The third kappa shape index (κ3) is 4.31. The molecule has 1 amide bonds. The zero-order valence-electron chi connectivity index (χ0n) is 12.1. The van der Waals surface area contributed by atoms with Gasteiger partial charge in [-0.3, -0.25) is 10.1 Å². The third-order valence-electron chi connectivity index (χ3n) is 3.50. The van der Waals surface area contributed by atoms with Crippen molar-refractivity contribution in [2.45, 2.75) is 31.1 Å². The molecule has 1 saturated heterocycles. The van der Waals surface area contributed by atoms with Crippen LogP contribution in [0.15, 0.2) is 18.2 Å². The lowest BCUT2D eigenvalue weighted by atomic mass is 10.1. The maximum Gasteiger partial charge on any atom is 0.416 e. The lowest BCUT2D eigenvalue weighted by Crippen LogP contribution is -2.40. The first-order valence-electron chi connectivity index (χ1n) is 6.75. The van der Waals surface area contributed by atoms with Crippen LogP contribution in [0.4, 0.5) is 22.0 Å². The van der Waals surface area contributed by atoms with Crippen LogP contribution in [0, 0.1) is 0 Å². The summed E-state index contributed by atoms with van der Waals surface area (Å²) in [5, 5.41) is 4.59. The first-order valence-corrected chi connectivity index (χ1v) is 6.75. The van der Waals surface area contributed by atoms with Gasteiger partial charge in [0.05, 0.1) is 25.3 Å². The van der Waals surface area contributed by atoms with E-state index >= 15 is 0 Å². The largest absolute Gasteiger partial charge is 0.497 e. The summed E-state index contributed by atoms with van der Waals surface area (Å²) in [5.74, 6) is -3.71. The maximum absolute atomic E-state index is 13.0. The van der Waals surface area contributed by atoms with Crippen molar-refractivity contribution in [3.05, 3.63) is 29.3 Å². The molecule has 1 aliphatic heterocycles. The van der Waals surface area contributed by atoms with E-state index in [1.165, 1.54) is 19.2 Å². The van der Waals surface area contributed by atoms with E-state index < -0.39 is 49.1 Å². The van der Waals surface area contributed by atoms with Crippen LogP contribution in [0.3, 0.4) is 0 Å². The zero-order valence-corrected chi connectivity index (χ0v) is 12.1. The Morgan fingerprint density at radius 1 is 1.43 bits per heavy atom. The molecular formula is C14H15F5N2O2. The summed E-state index contributed by atoms with van der Waals surface area (Å²) in [7, 11) is 1.24. The summed E-state index contributed by atoms with van der Waals surface area (Å²) in [6, 6.07) is 2.22. The van der Waals surface area contributed by atoms with Crippen molar-refractivity contribution >= 4 is 5.91 Å². The van der Waals surface area contributed by atoms with Crippen LogP contribution in [0.1, 0.15) is 17.5 Å². The average Bonchev–Trinajstić information content (AvgIpc) is 2.84. The summed E-state index contributed by atoms with van der Waals surface area (Å²) in [5.41, 5.74) is -1.11. The summed E-state index contributed by atoms with van der Waals surface area (Å²) in [6.07, 6.45) is -5.29. The molecular weight excluding hydrogens is 323 g/mol. The highest BCUT2D eigenvalue weighted by Gasteiger charge is 2.42. The van der Waals surface area contributed by atoms with Crippen LogP contribution in [-0.2, 0) is 17.5 Å². The fourth-order valence-electron chi connectivity index (χ4n) is 2.31. The Labute approximate surface area is 129 Å². The zero-order chi connectivity index (χ0) is 17.3. The fraction of sp³-hybridized carbons (Fsp3) is 0.500. The van der Waals surface area contributed by atoms with E-state index in [0.717, 1.165) is 6.07 Å². The molecule has 1 aromatic rings. The van der Waals surface area contributed by atoms with Gasteiger partial charge < -0.3 is 10.1 Å². The van der Waals surface area contributed by atoms with Gasteiger partial charge in [-0.05, 0) is 17.7 Å². The van der Waals surface area contributed by atoms with Crippen molar-refractivity contribution in [2.24, 2.45) is 0 Å². The number of ether oxygens (including phenoxy) is 1. The Morgan fingerprint density at radius 3 is 2.65 bits per heavy atom. The number of hydrogen-bond acceptors (Lipinski definition) is 3. The highest BCUT2D eigenvalue weighted by atomic mass is 19.4. The number of carbonyl (C=O) groups is 1. The Balaban J connectivity index is 2.07. The number of carbonyl (C=O) groups excluding carboxylic acids is 1. The molecule has 1 fully saturated rings. The van der Waals surface area contributed by atoms with Crippen LogP contribution in [0.5, 0.6) is 5.75 Å². The molecule has 2 N–H and O–H groups in total. The minimum atomic E-state index is -4.62. The molecule has 2 rings (SSSR count). The molecule has 1 aromatic carbocycles. The smallest absolute Gasteiger partial charge is 0.416 e. The van der Waals surface area contributed by atoms with Crippen molar-refractivity contribution in [3.8, 4) is 5.75 Å². The number of hydrogen-bond donors (Lipinski definition) is 2. The number of rotatable bonds is 4. The average molecular weight is 338 g/mol. The minimum Gasteiger partial charge on any atom is -0.497 e. The van der Waals surface area contributed by atoms with E-state index in [1.807, 2.05) is 0 Å². The highest BCUT2D eigenvalue weighted by molar-refractivity contribution is 5.82. The second kappa shape index (κ2) is 6.31. The van der Waals surface area contributed by atoms with Crippen LogP contribution in [0.25, 0.3) is 0 Å². The molecule has 0 aliphatic carbocycles. The Kier molecular flexibility index (Phi) is 4.79. The molecule has 0 radical (unpaired) electrons. The van der Waals surface area contributed by atoms with E-state index in [0.29, 0.717) is 0 Å². The predicted molar refractivity (Wildman–Crippen MR) is 71.2 cm³/mol. The van der Waals surface area contributed by atoms with Gasteiger partial charge in [-0.15, -0.1) is 0 Å². The topological polar surface area (TPSA) is 50.4 Å². The van der Waals surface area contributed by atoms with E-state index in [1.54, 1.807) is 0 Å². The van der Waals surface area contributed by atoms with Crippen molar-refractivity contribution in [3.63, 3.8) is 0 Å². The molecule has 23 heavy (non-hydrogen) atoms. The predicted octanol–water partition coefficient (Wildman–Crippen LogP) is 2.33. The molecule has 9 heteroatoms. The molecule has 0 bridgehead atoms. The van der Waals surface area contributed by atoms with Gasteiger partial charge in [-0.1, -0.05) is 6.07 Å². The molecule has 1 unspecified atom stereocenters. The number of amides is 1. The van der Waals surface area contributed by atoms with Gasteiger partial charge in [0.1, 0.15) is 5.75 Å². The van der Waals surface area contributed by atoms with E-state index in [4.69, 9.17) is 4.74 Å². The first-order chi connectivity index (χ1) is 10.6. The molecule has 0 aromatic heterocycles. The molecule has 128 valence electrons. The van der Waals surface area contributed by atoms with Crippen LogP contribution in [-0.4, -0.2) is 31.5 Å². The van der Waals surface area contributed by atoms with E-state index in [2.05, 4.69) is 10.6 Å². The molecule has 0 spiro atoms. The van der Waals surface area contributed by atoms with Gasteiger partial charge in [-0.2, -0.15) is 13.2 Å². The third-order valence-corrected chi connectivity index (χ3v) is 3.50. The number of methoxy groups -OCH3 is 1. The van der Waals surface area contributed by atoms with Crippen LogP contribution < -0.4 is 15.4 Å².